The van der Waals surface area contributed by atoms with Crippen LogP contribution >= 0.6 is 0 Å². The lowest BCUT2D eigenvalue weighted by atomic mass is 10.0. The van der Waals surface area contributed by atoms with Crippen molar-refractivity contribution in [3.63, 3.8) is 0 Å². The van der Waals surface area contributed by atoms with Crippen LogP contribution in [-0.4, -0.2) is 213 Å². The SMILES string of the molecule is CCCCCC/C=C\CC(=O)N[C@H]1COC(=O)CNC(=O)C(CCCN(O)C(C)=O)NC(=O)CNC(=O)[C@@H](C)NC(=O)C(CCCN(O)C(C)=O)NC(=O)[C@@H](CO)NC(=O)[C@@H](C(C)C)NC(=O)CNC(=O)C(CCCN(O)C(C)=O)NC1=O. The van der Waals surface area contributed by atoms with Crippen molar-refractivity contribution in [2.75, 3.05) is 52.5 Å². The van der Waals surface area contributed by atoms with Crippen molar-refractivity contribution in [1.29, 1.82) is 0 Å². The Morgan fingerprint density at radius 1 is 0.566 bits per heavy atom. The van der Waals surface area contributed by atoms with Crippen molar-refractivity contribution >= 4 is 82.8 Å². The number of carbonyl (C=O) groups is 14. The molecule has 1 heterocycles. The molecule has 3 unspecified atom stereocenters. The molecule has 0 saturated carbocycles. The smallest absolute Gasteiger partial charge is 0.325 e. The number of cyclic esters (lactones) is 1. The number of hydroxylamine groups is 6. The Balaban J connectivity index is 3.79. The predicted molar refractivity (Wildman–Crippen MR) is 289 cm³/mol. The van der Waals surface area contributed by atoms with Gasteiger partial charge in [-0.2, -0.15) is 0 Å². The van der Waals surface area contributed by atoms with Crippen molar-refractivity contribution < 1.29 is 92.6 Å². The Bertz CT molecular complexity index is 2270. The van der Waals surface area contributed by atoms with Gasteiger partial charge >= 0.3 is 5.97 Å². The van der Waals surface area contributed by atoms with Crippen LogP contribution in [0.5, 0.6) is 0 Å². The second kappa shape index (κ2) is 39.6. The molecule has 1 aliphatic rings. The average Bonchev–Trinajstić information content (AvgIpc) is 3.46. The van der Waals surface area contributed by atoms with Crippen LogP contribution in [0.4, 0.5) is 0 Å². The Hall–Kier alpha value is -7.84. The Morgan fingerprint density at radius 2 is 1.02 bits per heavy atom. The zero-order valence-corrected chi connectivity index (χ0v) is 48.2. The third kappa shape index (κ3) is 30.2. The molecule has 0 spiro atoms. The van der Waals surface area contributed by atoms with E-state index in [0.29, 0.717) is 21.6 Å². The summed E-state index contributed by atoms with van der Waals surface area (Å²) >= 11 is 0. The fourth-order valence-corrected chi connectivity index (χ4v) is 7.55. The molecular weight excluding hydrogens is 1100 g/mol. The van der Waals surface area contributed by atoms with Gasteiger partial charge in [0.15, 0.2) is 0 Å². The number of ether oxygens (including phenoxy) is 1. The number of nitrogens with zero attached hydrogens (tertiary/aromatic N) is 3. The maximum absolute atomic E-state index is 14.0. The van der Waals surface area contributed by atoms with E-state index in [1.54, 1.807) is 12.2 Å². The molecule has 1 saturated heterocycles. The average molecular weight is 1180 g/mol. The third-order valence-corrected chi connectivity index (χ3v) is 12.4. The van der Waals surface area contributed by atoms with Crippen LogP contribution < -0.4 is 53.2 Å². The van der Waals surface area contributed by atoms with Crippen LogP contribution in [0, 0.1) is 5.92 Å². The van der Waals surface area contributed by atoms with Crippen LogP contribution in [0.25, 0.3) is 0 Å². The van der Waals surface area contributed by atoms with Crippen molar-refractivity contribution in [2.45, 2.75) is 168 Å². The standard InChI is InChI=1S/C51H85N13O19/c1-8-9-10-11-12-13-14-21-40(69)57-39-29-83-43(72)27-54-46(74)35(18-15-22-62(80)32(5)66)56-41(70)25-52-45(73)31(4)55-48(76)37(20-17-24-64(82)34(7)68)59-49(77)38(28-65)60-51(79)44(30(2)3)61-42(71)26-53-47(75)36(58-50(39)78)19-16-23-63(81)33(6)67/h13-14,30-31,35-39,44,65,80-82H,8-12,15-29H2,1-7H3,(H,52,73)(H,53,75)(H,54,74)(H,55,76)(H,56,70)(H,57,69)(H,58,78)(H,59,77)(H,60,79)(H,61,71)/b14-13-/t31-,35?,36?,37?,38-,39+,44-/m1/s1. The highest BCUT2D eigenvalue weighted by molar-refractivity contribution is 5.98. The van der Waals surface area contributed by atoms with Crippen LogP contribution in [0.15, 0.2) is 12.2 Å². The van der Waals surface area contributed by atoms with Crippen LogP contribution in [0.2, 0.25) is 0 Å². The molecule has 32 heteroatoms. The van der Waals surface area contributed by atoms with Crippen LogP contribution in [0.3, 0.4) is 0 Å². The molecular formula is C51H85N13O19. The van der Waals surface area contributed by atoms with Crippen LogP contribution in [-0.2, 0) is 71.9 Å². The first kappa shape index (κ1) is 73.2. The fraction of sp³-hybridized carbons (Fsp3) is 0.686. The molecule has 0 aliphatic carbocycles. The second-order valence-corrected chi connectivity index (χ2v) is 19.8. The molecule has 0 aromatic heterocycles. The number of aliphatic hydroxyl groups is 1. The lowest BCUT2D eigenvalue weighted by Crippen LogP contribution is -2.60. The van der Waals surface area contributed by atoms with Gasteiger partial charge in [-0.15, -0.1) is 0 Å². The lowest BCUT2D eigenvalue weighted by molar-refractivity contribution is -0.163. The highest BCUT2D eigenvalue weighted by atomic mass is 16.5. The molecule has 13 amide bonds. The first-order valence-electron chi connectivity index (χ1n) is 27.4. The van der Waals surface area contributed by atoms with Crippen molar-refractivity contribution in [3.05, 3.63) is 12.2 Å². The minimum absolute atomic E-state index is 0.104. The van der Waals surface area contributed by atoms with Crippen molar-refractivity contribution in [2.24, 2.45) is 5.92 Å². The molecule has 1 rings (SSSR count). The zero-order chi connectivity index (χ0) is 62.8. The highest BCUT2D eigenvalue weighted by Crippen LogP contribution is 2.08. The van der Waals surface area contributed by atoms with E-state index in [1.165, 1.54) is 20.8 Å². The summed E-state index contributed by atoms with van der Waals surface area (Å²) < 4.78 is 5.29. The molecule has 83 heavy (non-hydrogen) atoms. The van der Waals surface area contributed by atoms with E-state index in [-0.39, 0.29) is 64.6 Å². The number of nitrogens with one attached hydrogen (secondary N) is 10. The largest absolute Gasteiger partial charge is 0.462 e. The van der Waals surface area contributed by atoms with E-state index < -0.39 is 164 Å². The topological polar surface area (TPSA) is 459 Å². The third-order valence-electron chi connectivity index (χ3n) is 12.4. The second-order valence-electron chi connectivity index (χ2n) is 19.8. The summed E-state index contributed by atoms with van der Waals surface area (Å²) in [5.41, 5.74) is 0. The molecule has 0 aromatic rings. The van der Waals surface area contributed by atoms with E-state index in [4.69, 9.17) is 4.74 Å². The van der Waals surface area contributed by atoms with Gasteiger partial charge in [-0.3, -0.25) is 82.7 Å². The van der Waals surface area contributed by atoms with Gasteiger partial charge in [-0.1, -0.05) is 52.2 Å². The zero-order valence-electron chi connectivity index (χ0n) is 48.2. The predicted octanol–water partition coefficient (Wildman–Crippen LogP) is -4.08. The minimum Gasteiger partial charge on any atom is -0.462 e. The normalized spacial score (nSPS) is 21.9. The van der Waals surface area contributed by atoms with Gasteiger partial charge in [-0.05, 0) is 64.2 Å². The van der Waals surface area contributed by atoms with Crippen molar-refractivity contribution in [3.8, 4) is 0 Å². The van der Waals surface area contributed by atoms with Gasteiger partial charge in [0.2, 0.25) is 76.8 Å². The Labute approximate surface area is 480 Å². The molecule has 0 radical (unpaired) electrons. The Kier molecular flexibility index (Phi) is 34.9. The van der Waals surface area contributed by atoms with Gasteiger partial charge in [0.25, 0.3) is 0 Å². The molecule has 468 valence electrons. The van der Waals surface area contributed by atoms with E-state index in [9.17, 15) is 87.9 Å². The number of carbonyl (C=O) groups excluding carboxylic acids is 14. The number of hydrogen-bond acceptors (Lipinski definition) is 19. The monoisotopic (exact) mass is 1180 g/mol. The summed E-state index contributed by atoms with van der Waals surface area (Å²) in [5, 5.41) is 64.6. The quantitative estimate of drug-likeness (QED) is 0.0161. The van der Waals surface area contributed by atoms with Crippen molar-refractivity contribution in [1.82, 2.24) is 68.4 Å². The number of unbranched alkanes of at least 4 members (excludes halogenated alkanes) is 4. The number of hydrogen-bond donors (Lipinski definition) is 14. The summed E-state index contributed by atoms with van der Waals surface area (Å²) in [7, 11) is 0. The van der Waals surface area contributed by atoms with Crippen LogP contribution in [0.1, 0.15) is 126 Å². The molecule has 0 bridgehead atoms. The fourth-order valence-electron chi connectivity index (χ4n) is 7.55. The number of esters is 1. The molecule has 7 atom stereocenters. The van der Waals surface area contributed by atoms with Gasteiger partial charge in [-0.25, -0.2) is 15.2 Å². The summed E-state index contributed by atoms with van der Waals surface area (Å²) in [6.45, 7) is 3.95. The van der Waals surface area contributed by atoms with E-state index >= 15 is 0 Å². The maximum atomic E-state index is 14.0. The molecule has 0 aromatic carbocycles. The van der Waals surface area contributed by atoms with Gasteiger partial charge in [0.05, 0.1) is 19.7 Å². The summed E-state index contributed by atoms with van der Waals surface area (Å²) in [5.74, 6) is -14.1. The van der Waals surface area contributed by atoms with E-state index in [0.717, 1.165) is 46.5 Å². The molecule has 1 aliphatic heterocycles. The first-order chi connectivity index (χ1) is 39.1. The molecule has 32 nitrogen and oxygen atoms in total. The first-order valence-corrected chi connectivity index (χ1v) is 27.4. The minimum atomic E-state index is -1.79. The number of amides is 13. The number of rotatable bonds is 22. The summed E-state index contributed by atoms with van der Waals surface area (Å²) in [6.07, 6.45) is 6.38. The molecule has 1 fully saturated rings. The van der Waals surface area contributed by atoms with E-state index in [1.807, 2.05) is 0 Å². The maximum Gasteiger partial charge on any atom is 0.325 e. The summed E-state index contributed by atoms with van der Waals surface area (Å²) in [4.78, 5) is 183. The van der Waals surface area contributed by atoms with Gasteiger partial charge in [0, 0.05) is 46.8 Å². The summed E-state index contributed by atoms with van der Waals surface area (Å²) in [6, 6.07) is -11.0. The highest BCUT2D eigenvalue weighted by Gasteiger charge is 2.34. The number of allylic oxidation sites excluding steroid dienone is 1. The Morgan fingerprint density at radius 3 is 1.53 bits per heavy atom. The van der Waals surface area contributed by atoms with Gasteiger partial charge in [0.1, 0.15) is 55.4 Å². The van der Waals surface area contributed by atoms with E-state index in [2.05, 4.69) is 60.1 Å². The lowest BCUT2D eigenvalue weighted by Gasteiger charge is -2.27. The number of aliphatic hydroxyl groups excluding tert-OH is 1. The van der Waals surface area contributed by atoms with Gasteiger partial charge < -0.3 is 63.0 Å². The molecule has 14 N–H and O–H groups in total.